The van der Waals surface area contributed by atoms with Crippen molar-refractivity contribution in [2.75, 3.05) is 12.3 Å². The summed E-state index contributed by atoms with van der Waals surface area (Å²) in [5.41, 5.74) is -0.0135. The number of aryl methyl sites for hydroxylation is 1. The Balaban J connectivity index is 2.46. The van der Waals surface area contributed by atoms with Gasteiger partial charge in [-0.15, -0.1) is 0 Å². The molecule has 0 aromatic heterocycles. The van der Waals surface area contributed by atoms with Crippen LogP contribution in [-0.2, 0) is 16.4 Å². The Morgan fingerprint density at radius 3 is 2.40 bits per heavy atom. The maximum absolute atomic E-state index is 11.9. The molecule has 1 rings (SSSR count). The molecule has 5 heteroatoms. The fourth-order valence-corrected chi connectivity index (χ4v) is 3.37. The Kier molecular flexibility index (Phi) is 6.17. The van der Waals surface area contributed by atoms with Crippen molar-refractivity contribution in [3.05, 3.63) is 35.9 Å². The molecule has 0 aliphatic rings. The van der Waals surface area contributed by atoms with E-state index in [1.54, 1.807) is 6.92 Å². The van der Waals surface area contributed by atoms with Gasteiger partial charge in [0.1, 0.15) is 0 Å². The number of benzene rings is 1. The molecule has 4 nitrogen and oxygen atoms in total. The van der Waals surface area contributed by atoms with E-state index in [9.17, 15) is 13.5 Å². The molecule has 0 spiro atoms. The summed E-state index contributed by atoms with van der Waals surface area (Å²) in [6.07, 6.45) is 1.04. The minimum Gasteiger partial charge on any atom is -0.389 e. The quantitative estimate of drug-likeness (QED) is 0.771. The van der Waals surface area contributed by atoms with Gasteiger partial charge in [-0.1, -0.05) is 44.2 Å². The highest BCUT2D eigenvalue weighted by Gasteiger charge is 2.24. The van der Waals surface area contributed by atoms with Crippen molar-refractivity contribution >= 4 is 10.0 Å². The van der Waals surface area contributed by atoms with Crippen molar-refractivity contribution in [1.82, 2.24) is 4.72 Å². The standard InChI is InChI=1S/C15H25NO3S/c1-13(2)11-15(3,17)12-16-20(18,19)10-9-14-7-5-4-6-8-14/h4-8,13,16-17H,9-12H2,1-3H3. The van der Waals surface area contributed by atoms with Crippen LogP contribution in [0.4, 0.5) is 0 Å². The van der Waals surface area contributed by atoms with Crippen molar-refractivity contribution in [2.45, 2.75) is 39.2 Å². The lowest BCUT2D eigenvalue weighted by Crippen LogP contribution is -2.42. The summed E-state index contributed by atoms with van der Waals surface area (Å²) in [4.78, 5) is 0. The number of nitrogens with one attached hydrogen (secondary N) is 1. The largest absolute Gasteiger partial charge is 0.389 e. The second kappa shape index (κ2) is 7.20. The molecular formula is C15H25NO3S. The first-order valence-corrected chi connectivity index (χ1v) is 8.59. The minimum absolute atomic E-state index is 0.0365. The van der Waals surface area contributed by atoms with Crippen LogP contribution in [0.1, 0.15) is 32.8 Å². The summed E-state index contributed by atoms with van der Waals surface area (Å²) >= 11 is 0. The molecule has 1 aromatic carbocycles. The first-order chi connectivity index (χ1) is 9.20. The third-order valence-electron chi connectivity index (χ3n) is 3.02. The fraction of sp³-hybridized carbons (Fsp3) is 0.600. The van der Waals surface area contributed by atoms with Gasteiger partial charge in [0.25, 0.3) is 0 Å². The summed E-state index contributed by atoms with van der Waals surface area (Å²) in [6.45, 7) is 5.71. The summed E-state index contributed by atoms with van der Waals surface area (Å²) < 4.78 is 26.3. The van der Waals surface area contributed by atoms with Gasteiger partial charge in [-0.05, 0) is 31.2 Å². The molecule has 1 unspecified atom stereocenters. The molecule has 1 aromatic rings. The van der Waals surface area contributed by atoms with Crippen LogP contribution in [-0.4, -0.2) is 31.4 Å². The molecule has 1 atom stereocenters. The van der Waals surface area contributed by atoms with Crippen LogP contribution in [0.2, 0.25) is 0 Å². The molecule has 0 bridgehead atoms. The van der Waals surface area contributed by atoms with Gasteiger partial charge in [0.2, 0.25) is 10.0 Å². The Bertz CT molecular complexity index is 495. The van der Waals surface area contributed by atoms with Crippen molar-refractivity contribution in [3.8, 4) is 0 Å². The van der Waals surface area contributed by atoms with E-state index >= 15 is 0 Å². The van der Waals surface area contributed by atoms with Gasteiger partial charge in [0.05, 0.1) is 11.4 Å². The van der Waals surface area contributed by atoms with E-state index in [1.807, 2.05) is 44.2 Å². The summed E-state index contributed by atoms with van der Waals surface area (Å²) in [5, 5.41) is 10.1. The molecule has 2 N–H and O–H groups in total. The Hall–Kier alpha value is -0.910. The lowest BCUT2D eigenvalue weighted by molar-refractivity contribution is 0.0437. The summed E-state index contributed by atoms with van der Waals surface area (Å²) in [7, 11) is -3.36. The zero-order valence-corrected chi connectivity index (χ0v) is 13.3. The van der Waals surface area contributed by atoms with E-state index in [4.69, 9.17) is 0 Å². The van der Waals surface area contributed by atoms with Crippen LogP contribution in [0.5, 0.6) is 0 Å². The summed E-state index contributed by atoms with van der Waals surface area (Å²) in [5.74, 6) is 0.355. The Labute approximate surface area is 122 Å². The first kappa shape index (κ1) is 17.1. The van der Waals surface area contributed by atoms with Crippen LogP contribution in [0, 0.1) is 5.92 Å². The monoisotopic (exact) mass is 299 g/mol. The van der Waals surface area contributed by atoms with Crippen LogP contribution >= 0.6 is 0 Å². The average Bonchev–Trinajstić information content (AvgIpc) is 2.34. The number of sulfonamides is 1. The molecule has 0 aliphatic carbocycles. The predicted octanol–water partition coefficient (Wildman–Crippen LogP) is 1.95. The molecule has 0 saturated carbocycles. The van der Waals surface area contributed by atoms with E-state index in [0.29, 0.717) is 18.8 Å². The molecule has 0 heterocycles. The van der Waals surface area contributed by atoms with E-state index in [1.165, 1.54) is 0 Å². The number of aliphatic hydroxyl groups is 1. The van der Waals surface area contributed by atoms with E-state index in [2.05, 4.69) is 4.72 Å². The normalized spacial score (nSPS) is 15.2. The summed E-state index contributed by atoms with van der Waals surface area (Å²) in [6, 6.07) is 9.50. The van der Waals surface area contributed by atoms with Crippen LogP contribution in [0.15, 0.2) is 30.3 Å². The lowest BCUT2D eigenvalue weighted by Gasteiger charge is -2.25. The Morgan fingerprint density at radius 1 is 1.25 bits per heavy atom. The van der Waals surface area contributed by atoms with Gasteiger partial charge in [-0.2, -0.15) is 0 Å². The third-order valence-corrected chi connectivity index (χ3v) is 4.35. The molecule has 0 aliphatic heterocycles. The minimum atomic E-state index is -3.36. The molecule has 0 saturated heterocycles. The second-order valence-electron chi connectivity index (χ2n) is 5.97. The molecule has 0 fully saturated rings. The third kappa shape index (κ3) is 7.03. The zero-order valence-electron chi connectivity index (χ0n) is 12.5. The van der Waals surface area contributed by atoms with Crippen LogP contribution in [0.25, 0.3) is 0 Å². The van der Waals surface area contributed by atoms with E-state index in [-0.39, 0.29) is 12.3 Å². The van der Waals surface area contributed by atoms with Gasteiger partial charge in [-0.3, -0.25) is 0 Å². The highest BCUT2D eigenvalue weighted by atomic mass is 32.2. The first-order valence-electron chi connectivity index (χ1n) is 6.94. The van der Waals surface area contributed by atoms with Gasteiger partial charge in [-0.25, -0.2) is 13.1 Å². The molecule has 20 heavy (non-hydrogen) atoms. The second-order valence-corrected chi connectivity index (χ2v) is 7.90. The zero-order chi connectivity index (χ0) is 15.2. The predicted molar refractivity (Wildman–Crippen MR) is 82.0 cm³/mol. The molecular weight excluding hydrogens is 274 g/mol. The van der Waals surface area contributed by atoms with Gasteiger partial charge in [0.15, 0.2) is 0 Å². The van der Waals surface area contributed by atoms with Gasteiger partial charge in [0, 0.05) is 6.54 Å². The fourth-order valence-electron chi connectivity index (χ4n) is 2.19. The van der Waals surface area contributed by atoms with Crippen molar-refractivity contribution in [1.29, 1.82) is 0 Å². The molecule has 0 radical (unpaired) electrons. The smallest absolute Gasteiger partial charge is 0.212 e. The SMILES string of the molecule is CC(C)CC(C)(O)CNS(=O)(=O)CCc1ccccc1. The number of rotatable bonds is 8. The maximum Gasteiger partial charge on any atom is 0.212 e. The molecule has 0 amide bonds. The topological polar surface area (TPSA) is 66.4 Å². The van der Waals surface area contributed by atoms with Crippen LogP contribution in [0.3, 0.4) is 0 Å². The van der Waals surface area contributed by atoms with Crippen molar-refractivity contribution < 1.29 is 13.5 Å². The highest BCUT2D eigenvalue weighted by Crippen LogP contribution is 2.15. The van der Waals surface area contributed by atoms with E-state index in [0.717, 1.165) is 5.56 Å². The van der Waals surface area contributed by atoms with Gasteiger partial charge >= 0.3 is 0 Å². The molecule has 114 valence electrons. The highest BCUT2D eigenvalue weighted by molar-refractivity contribution is 7.89. The van der Waals surface area contributed by atoms with Crippen LogP contribution < -0.4 is 4.72 Å². The number of hydrogen-bond acceptors (Lipinski definition) is 3. The van der Waals surface area contributed by atoms with E-state index < -0.39 is 15.6 Å². The Morgan fingerprint density at radius 2 is 1.85 bits per heavy atom. The average molecular weight is 299 g/mol. The van der Waals surface area contributed by atoms with Gasteiger partial charge < -0.3 is 5.11 Å². The maximum atomic E-state index is 11.9. The van der Waals surface area contributed by atoms with Crippen molar-refractivity contribution in [2.24, 2.45) is 5.92 Å². The number of hydrogen-bond donors (Lipinski definition) is 2. The van der Waals surface area contributed by atoms with Crippen molar-refractivity contribution in [3.63, 3.8) is 0 Å². The lowest BCUT2D eigenvalue weighted by atomic mass is 9.95.